The molecule has 5 nitrogen and oxygen atoms in total. The van der Waals surface area contributed by atoms with Crippen LogP contribution in [-0.4, -0.2) is 11.3 Å². The summed E-state index contributed by atoms with van der Waals surface area (Å²) in [5.74, 6) is 0. The molecule has 0 amide bonds. The second-order valence-electron chi connectivity index (χ2n) is 34.4. The first-order valence-corrected chi connectivity index (χ1v) is 34.6. The predicted molar refractivity (Wildman–Crippen MR) is 409 cm³/mol. The lowest BCUT2D eigenvalue weighted by atomic mass is 9.33. The molecule has 4 heterocycles. The number of anilines is 9. The largest absolute Gasteiger partial charge is 0.454 e. The van der Waals surface area contributed by atoms with Gasteiger partial charge in [-0.25, -0.2) is 0 Å². The van der Waals surface area contributed by atoms with Crippen molar-refractivity contribution in [3.8, 4) is 16.9 Å². The Balaban J connectivity index is 1.11. The van der Waals surface area contributed by atoms with Crippen LogP contribution in [-0.2, 0) is 37.9 Å². The third-order valence-corrected chi connectivity index (χ3v) is 21.3. The molecule has 10 aromatic carbocycles. The highest BCUT2D eigenvalue weighted by molar-refractivity contribution is 7.00. The van der Waals surface area contributed by atoms with Crippen molar-refractivity contribution >= 4 is 107 Å². The summed E-state index contributed by atoms with van der Waals surface area (Å²) in [6.07, 6.45) is 0. The van der Waals surface area contributed by atoms with E-state index in [4.69, 9.17) is 4.42 Å². The molecule has 2 aliphatic heterocycles. The first-order chi connectivity index (χ1) is 44.7. The third kappa shape index (κ3) is 10.0. The Labute approximate surface area is 565 Å². The van der Waals surface area contributed by atoms with Gasteiger partial charge in [0.2, 0.25) is 0 Å². The number of para-hydroxylation sites is 1. The summed E-state index contributed by atoms with van der Waals surface area (Å²) in [6, 6.07) is 77.9. The molecule has 0 N–H and O–H groups in total. The number of nitrogens with zero attached hydrogens (tertiary/aromatic N) is 4. The molecular formula is C89H93BN4O. The quantitative estimate of drug-likeness (QED) is 0.149. The van der Waals surface area contributed by atoms with Crippen molar-refractivity contribution in [2.45, 2.75) is 176 Å². The van der Waals surface area contributed by atoms with Crippen molar-refractivity contribution in [1.82, 2.24) is 4.57 Å². The van der Waals surface area contributed by atoms with E-state index in [0.29, 0.717) is 0 Å². The minimum absolute atomic E-state index is 0.0166. The summed E-state index contributed by atoms with van der Waals surface area (Å²) in [5, 5.41) is 3.53. The van der Waals surface area contributed by atoms with E-state index in [1.54, 1.807) is 0 Å². The van der Waals surface area contributed by atoms with Crippen LogP contribution >= 0.6 is 0 Å². The summed E-state index contributed by atoms with van der Waals surface area (Å²) in [4.78, 5) is 7.60. The molecule has 95 heavy (non-hydrogen) atoms. The van der Waals surface area contributed by atoms with Gasteiger partial charge in [0.05, 0.1) is 17.1 Å². The number of furan rings is 1. The molecule has 0 fully saturated rings. The molecule has 0 spiro atoms. The van der Waals surface area contributed by atoms with E-state index >= 15 is 0 Å². The monoisotopic (exact) mass is 1240 g/mol. The van der Waals surface area contributed by atoms with E-state index in [1.165, 1.54) is 88.7 Å². The van der Waals surface area contributed by atoms with Crippen molar-refractivity contribution in [1.29, 1.82) is 0 Å². The van der Waals surface area contributed by atoms with E-state index in [-0.39, 0.29) is 44.6 Å². The van der Waals surface area contributed by atoms with Crippen molar-refractivity contribution in [2.24, 2.45) is 0 Å². The first-order valence-electron chi connectivity index (χ1n) is 34.6. The number of hydrogen-bond donors (Lipinski definition) is 0. The van der Waals surface area contributed by atoms with Gasteiger partial charge in [-0.15, -0.1) is 0 Å². The summed E-state index contributed by atoms with van der Waals surface area (Å²) < 4.78 is 10.2. The van der Waals surface area contributed by atoms with E-state index in [0.717, 1.165) is 73.1 Å². The van der Waals surface area contributed by atoms with Gasteiger partial charge >= 0.3 is 0 Å². The van der Waals surface area contributed by atoms with E-state index < -0.39 is 0 Å². The molecule has 0 atom stereocenters. The summed E-state index contributed by atoms with van der Waals surface area (Å²) in [7, 11) is 0. The van der Waals surface area contributed by atoms with Gasteiger partial charge in [-0.2, -0.15) is 0 Å². The maximum atomic E-state index is 7.49. The van der Waals surface area contributed by atoms with Crippen molar-refractivity contribution in [3.05, 3.63) is 245 Å². The Hall–Kier alpha value is -9.00. The lowest BCUT2D eigenvalue weighted by molar-refractivity contribution is 0.587. The average Bonchev–Trinajstić information content (AvgIpc) is 1.55. The lowest BCUT2D eigenvalue weighted by Crippen LogP contribution is -2.60. The highest BCUT2D eigenvalue weighted by atomic mass is 16.3. The van der Waals surface area contributed by atoms with Crippen LogP contribution in [0.3, 0.4) is 0 Å². The highest BCUT2D eigenvalue weighted by Gasteiger charge is 2.49. The molecule has 0 saturated carbocycles. The molecule has 0 saturated heterocycles. The van der Waals surface area contributed by atoms with Crippen LogP contribution in [0, 0.1) is 0 Å². The van der Waals surface area contributed by atoms with Gasteiger partial charge in [-0.3, -0.25) is 0 Å². The van der Waals surface area contributed by atoms with Gasteiger partial charge in [0, 0.05) is 78.2 Å². The molecule has 0 unspecified atom stereocenters. The number of hydrogen-bond acceptors (Lipinski definition) is 4. The maximum absolute atomic E-state index is 7.49. The fourth-order valence-electron chi connectivity index (χ4n) is 15.7. The fourth-order valence-corrected chi connectivity index (χ4v) is 15.7. The Kier molecular flexibility index (Phi) is 13.7. The smallest absolute Gasteiger partial charge is 0.252 e. The summed E-state index contributed by atoms with van der Waals surface area (Å²) in [6.45, 7) is 46.4. The van der Waals surface area contributed by atoms with Crippen LogP contribution in [0.2, 0.25) is 0 Å². The van der Waals surface area contributed by atoms with Gasteiger partial charge in [-0.05, 0) is 184 Å². The molecule has 3 aliphatic rings. The lowest BCUT2D eigenvalue weighted by Gasteiger charge is -2.42. The summed E-state index contributed by atoms with van der Waals surface area (Å²) in [5.41, 5.74) is 30.3. The molecule has 6 heteroatoms. The molecule has 15 rings (SSSR count). The molecule has 478 valence electrons. The van der Waals surface area contributed by atoms with Gasteiger partial charge in [0.15, 0.2) is 5.58 Å². The fraction of sp³-hybridized carbons (Fsp3) is 0.303. The van der Waals surface area contributed by atoms with E-state index in [1.807, 2.05) is 0 Å². The zero-order valence-corrected chi connectivity index (χ0v) is 59.8. The van der Waals surface area contributed by atoms with Crippen molar-refractivity contribution in [3.63, 3.8) is 0 Å². The standard InChI is InChI=1S/C89H93BN4O/c1-83(2,3)54-28-37-60(38-29-54)91(61-39-30-55(31-40-61)84(4,5)6)64-45-47-71-74(51-64)93(73-27-23-25-67-66-46-36-58(87(13,14)15)50-77(66)95-82(67)73)75-52-65(92(62-41-32-56(33-42-62)85(7,8)9)63-43-34-57(35-44-63)86(10,11)12)53-76-79(75)90(71)72-49-59(88(16,17)18)48-69-78-81(94(76)80(69)72)68-24-21-22-26-70(68)89(78,19)20/h21-53H,1-20H3. The van der Waals surface area contributed by atoms with Crippen molar-refractivity contribution in [2.75, 3.05) is 14.7 Å². The summed E-state index contributed by atoms with van der Waals surface area (Å²) >= 11 is 0. The maximum Gasteiger partial charge on any atom is 0.252 e. The highest BCUT2D eigenvalue weighted by Crippen LogP contribution is 2.57. The zero-order valence-electron chi connectivity index (χ0n) is 59.8. The van der Waals surface area contributed by atoms with Crippen LogP contribution in [0.4, 0.5) is 51.2 Å². The topological polar surface area (TPSA) is 27.8 Å². The predicted octanol–water partition coefficient (Wildman–Crippen LogP) is 23.2. The molecule has 2 aromatic heterocycles. The Morgan fingerprint density at radius 1 is 0.358 bits per heavy atom. The SMILES string of the molecule is CC(C)(C)c1ccc(N(c2ccc(C(C)(C)C)cc2)c2ccc3c(c2)N(c2cccc4c2oc2cc(C(C)(C)C)ccc24)c2cc(N(c4ccc(C(C)(C)C)cc4)c4ccc(C(C)(C)C)cc4)cc4c2B3c2cc(C(C)(C)C)cc3c5c(n-4c23)-c2ccccc2C5(C)C)cc1. The van der Waals surface area contributed by atoms with Gasteiger partial charge in [0.1, 0.15) is 5.58 Å². The second kappa shape index (κ2) is 21.0. The van der Waals surface area contributed by atoms with Gasteiger partial charge in [0.25, 0.3) is 6.71 Å². The van der Waals surface area contributed by atoms with Gasteiger partial charge < -0.3 is 23.7 Å². The van der Waals surface area contributed by atoms with Crippen LogP contribution in [0.15, 0.2) is 205 Å². The van der Waals surface area contributed by atoms with Crippen LogP contribution < -0.4 is 31.1 Å². The Bertz CT molecular complexity index is 4960. The third-order valence-electron chi connectivity index (χ3n) is 21.3. The molecule has 0 radical (unpaired) electrons. The Morgan fingerprint density at radius 2 is 0.821 bits per heavy atom. The number of benzene rings is 10. The van der Waals surface area contributed by atoms with Crippen LogP contribution in [0.1, 0.15) is 183 Å². The van der Waals surface area contributed by atoms with E-state index in [9.17, 15) is 0 Å². The Morgan fingerprint density at radius 3 is 1.34 bits per heavy atom. The number of aromatic nitrogens is 1. The van der Waals surface area contributed by atoms with Crippen LogP contribution in [0.25, 0.3) is 49.8 Å². The average molecular weight is 1250 g/mol. The number of fused-ring (bicyclic) bond motifs is 12. The van der Waals surface area contributed by atoms with Crippen molar-refractivity contribution < 1.29 is 4.42 Å². The first kappa shape index (κ1) is 62.1. The number of rotatable bonds is 7. The normalized spacial score (nSPS) is 14.4. The minimum Gasteiger partial charge on any atom is -0.454 e. The van der Waals surface area contributed by atoms with E-state index in [2.05, 4.69) is 358 Å². The second-order valence-corrected chi connectivity index (χ2v) is 34.4. The molecule has 1 aliphatic carbocycles. The zero-order chi connectivity index (χ0) is 67.2. The molecule has 0 bridgehead atoms. The van der Waals surface area contributed by atoms with Gasteiger partial charge in [-0.1, -0.05) is 248 Å². The minimum atomic E-state index is -0.290. The van der Waals surface area contributed by atoms with Crippen LogP contribution in [0.5, 0.6) is 0 Å². The molecule has 12 aromatic rings. The molecular weight excluding hydrogens is 1150 g/mol.